The summed E-state index contributed by atoms with van der Waals surface area (Å²) in [5, 5.41) is 2.55. The summed E-state index contributed by atoms with van der Waals surface area (Å²) in [6, 6.07) is 37.4. The number of aromatic nitrogens is 1. The number of nitrogens with zero attached hydrogens (tertiary/aromatic N) is 1. The molecule has 0 saturated heterocycles. The van der Waals surface area contributed by atoms with E-state index in [1.807, 2.05) is 6.07 Å². The zero-order chi connectivity index (χ0) is 16.6. The number of para-hydroxylation sites is 2. The molecule has 0 aliphatic carbocycles. The van der Waals surface area contributed by atoms with Crippen LogP contribution in [0.4, 0.5) is 0 Å². The molecule has 1 aromatic heterocycles. The monoisotopic (exact) mass is 318 g/mol. The third-order valence-corrected chi connectivity index (χ3v) is 4.72. The van der Waals surface area contributed by atoms with Gasteiger partial charge in [0.25, 0.3) is 0 Å². The van der Waals surface area contributed by atoms with Gasteiger partial charge in [-0.1, -0.05) is 72.8 Å². The Morgan fingerprint density at radius 1 is 0.520 bits per heavy atom. The van der Waals surface area contributed by atoms with E-state index >= 15 is 0 Å². The van der Waals surface area contributed by atoms with E-state index in [9.17, 15) is 0 Å². The van der Waals surface area contributed by atoms with Crippen molar-refractivity contribution in [3.05, 3.63) is 103 Å². The van der Waals surface area contributed by atoms with E-state index in [4.69, 9.17) is 0 Å². The fourth-order valence-electron chi connectivity index (χ4n) is 3.55. The third kappa shape index (κ3) is 2.25. The maximum atomic E-state index is 3.49. The lowest BCUT2D eigenvalue weighted by molar-refractivity contribution is 1.18. The molecule has 1 heterocycles. The van der Waals surface area contributed by atoms with Crippen molar-refractivity contribution in [2.24, 2.45) is 0 Å². The maximum absolute atomic E-state index is 3.49. The first-order valence-corrected chi connectivity index (χ1v) is 8.47. The first-order chi connectivity index (χ1) is 12.4. The van der Waals surface area contributed by atoms with Gasteiger partial charge in [0.2, 0.25) is 0 Å². The Morgan fingerprint density at radius 3 is 1.72 bits per heavy atom. The van der Waals surface area contributed by atoms with E-state index in [0.717, 1.165) is 5.69 Å². The van der Waals surface area contributed by atoms with Crippen LogP contribution in [0.5, 0.6) is 0 Å². The van der Waals surface area contributed by atoms with Crippen LogP contribution in [-0.2, 0) is 0 Å². The standard InChI is InChI=1S/C24H16N/c1-2-8-18(9-3-1)19-14-16-20(17-15-19)25-23-12-6-4-10-21(23)22-11-5-7-13-24(22)25/h1-16H. The minimum absolute atomic E-state index is 1.07. The average Bonchev–Trinajstić information content (AvgIpc) is 3.03. The van der Waals surface area contributed by atoms with Gasteiger partial charge >= 0.3 is 0 Å². The molecule has 1 nitrogen and oxygen atoms in total. The predicted octanol–water partition coefficient (Wildman–Crippen LogP) is 6.25. The molecule has 0 bridgehead atoms. The normalized spacial score (nSPS) is 11.2. The Labute approximate surface area is 146 Å². The molecule has 4 aromatic carbocycles. The summed E-state index contributed by atoms with van der Waals surface area (Å²) in [7, 11) is 0. The second-order valence-corrected chi connectivity index (χ2v) is 6.20. The van der Waals surface area contributed by atoms with Gasteiger partial charge in [0.05, 0.1) is 16.7 Å². The van der Waals surface area contributed by atoms with Gasteiger partial charge in [-0.3, -0.25) is 0 Å². The molecule has 0 aliphatic heterocycles. The molecule has 5 rings (SSSR count). The molecule has 5 aromatic rings. The largest absolute Gasteiger partial charge is 0.309 e. The molecule has 0 fully saturated rings. The molecule has 117 valence electrons. The molecule has 1 heteroatoms. The molecule has 0 aliphatic rings. The molecular formula is C24H16N. The third-order valence-electron chi connectivity index (χ3n) is 4.72. The van der Waals surface area contributed by atoms with Crippen LogP contribution in [0.2, 0.25) is 0 Å². The van der Waals surface area contributed by atoms with Crippen LogP contribution in [-0.4, -0.2) is 4.57 Å². The summed E-state index contributed by atoms with van der Waals surface area (Å²) in [5.74, 6) is 0. The van der Waals surface area contributed by atoms with E-state index in [1.165, 1.54) is 32.9 Å². The Bertz CT molecular complexity index is 1110. The number of hydrogen-bond donors (Lipinski definition) is 0. The Morgan fingerprint density at radius 2 is 1.12 bits per heavy atom. The summed E-state index contributed by atoms with van der Waals surface area (Å²) >= 11 is 0. The van der Waals surface area contributed by atoms with Crippen molar-refractivity contribution in [3.63, 3.8) is 0 Å². The van der Waals surface area contributed by atoms with Gasteiger partial charge in [-0.25, -0.2) is 0 Å². The van der Waals surface area contributed by atoms with Crippen molar-refractivity contribution in [2.75, 3.05) is 0 Å². The predicted molar refractivity (Wildman–Crippen MR) is 105 cm³/mol. The van der Waals surface area contributed by atoms with Crippen LogP contribution in [0.25, 0.3) is 38.6 Å². The van der Waals surface area contributed by atoms with Crippen LogP contribution in [0, 0.1) is 6.07 Å². The first-order valence-electron chi connectivity index (χ1n) is 8.47. The van der Waals surface area contributed by atoms with Crippen molar-refractivity contribution in [1.29, 1.82) is 0 Å². The van der Waals surface area contributed by atoms with Crippen molar-refractivity contribution < 1.29 is 0 Å². The van der Waals surface area contributed by atoms with Gasteiger partial charge in [-0.05, 0) is 35.4 Å². The van der Waals surface area contributed by atoms with E-state index < -0.39 is 0 Å². The first kappa shape index (κ1) is 14.1. The van der Waals surface area contributed by atoms with E-state index in [-0.39, 0.29) is 0 Å². The molecule has 0 unspecified atom stereocenters. The minimum atomic E-state index is 1.07. The maximum Gasteiger partial charge on any atom is 0.0541 e. The highest BCUT2D eigenvalue weighted by molar-refractivity contribution is 6.09. The second-order valence-electron chi connectivity index (χ2n) is 6.20. The molecular weight excluding hydrogens is 302 g/mol. The van der Waals surface area contributed by atoms with Gasteiger partial charge in [0.1, 0.15) is 0 Å². The van der Waals surface area contributed by atoms with Crippen molar-refractivity contribution in [1.82, 2.24) is 4.57 Å². The second kappa shape index (κ2) is 5.64. The number of fused-ring (bicyclic) bond motifs is 3. The SMILES string of the molecule is [c]1cc(-c2ccccc2)ccc1-n1c2ccccc2c2ccccc21. The van der Waals surface area contributed by atoms with Crippen LogP contribution in [0.1, 0.15) is 0 Å². The quantitative estimate of drug-likeness (QED) is 0.362. The van der Waals surface area contributed by atoms with Crippen molar-refractivity contribution >= 4 is 21.8 Å². The molecule has 0 spiro atoms. The van der Waals surface area contributed by atoms with Crippen LogP contribution < -0.4 is 0 Å². The van der Waals surface area contributed by atoms with Gasteiger partial charge in [-0.2, -0.15) is 0 Å². The fourth-order valence-corrected chi connectivity index (χ4v) is 3.55. The molecule has 25 heavy (non-hydrogen) atoms. The molecule has 0 N–H and O–H groups in total. The Kier molecular flexibility index (Phi) is 3.17. The van der Waals surface area contributed by atoms with Crippen LogP contribution in [0.15, 0.2) is 97.1 Å². The summed E-state index contributed by atoms with van der Waals surface area (Å²) < 4.78 is 2.29. The van der Waals surface area contributed by atoms with Crippen LogP contribution >= 0.6 is 0 Å². The van der Waals surface area contributed by atoms with Crippen molar-refractivity contribution in [2.45, 2.75) is 0 Å². The average molecular weight is 318 g/mol. The highest BCUT2D eigenvalue weighted by Crippen LogP contribution is 2.32. The van der Waals surface area contributed by atoms with Gasteiger partial charge in [0.15, 0.2) is 0 Å². The lowest BCUT2D eigenvalue weighted by atomic mass is 10.1. The summed E-state index contributed by atoms with van der Waals surface area (Å²) in [6.07, 6.45) is 0. The minimum Gasteiger partial charge on any atom is -0.309 e. The van der Waals surface area contributed by atoms with Crippen molar-refractivity contribution in [3.8, 4) is 16.8 Å². The Hall–Kier alpha value is -3.32. The van der Waals surface area contributed by atoms with Gasteiger partial charge < -0.3 is 4.57 Å². The zero-order valence-corrected chi connectivity index (χ0v) is 13.7. The number of benzene rings is 4. The molecule has 0 saturated carbocycles. The van der Waals surface area contributed by atoms with E-state index in [1.54, 1.807) is 0 Å². The van der Waals surface area contributed by atoms with Crippen LogP contribution in [0.3, 0.4) is 0 Å². The lowest BCUT2D eigenvalue weighted by Gasteiger charge is -2.08. The summed E-state index contributed by atoms with van der Waals surface area (Å²) in [6.45, 7) is 0. The van der Waals surface area contributed by atoms with Gasteiger partial charge in [0, 0.05) is 16.8 Å². The highest BCUT2D eigenvalue weighted by atomic mass is 15.0. The fraction of sp³-hybridized carbons (Fsp3) is 0. The highest BCUT2D eigenvalue weighted by Gasteiger charge is 2.11. The zero-order valence-electron chi connectivity index (χ0n) is 13.7. The summed E-state index contributed by atoms with van der Waals surface area (Å²) in [5.41, 5.74) is 5.90. The number of hydrogen-bond acceptors (Lipinski definition) is 0. The molecule has 1 radical (unpaired) electrons. The van der Waals surface area contributed by atoms with E-state index in [0.29, 0.717) is 0 Å². The molecule has 0 amide bonds. The number of rotatable bonds is 2. The smallest absolute Gasteiger partial charge is 0.0541 e. The van der Waals surface area contributed by atoms with Gasteiger partial charge in [-0.15, -0.1) is 0 Å². The lowest BCUT2D eigenvalue weighted by Crippen LogP contribution is -1.93. The summed E-state index contributed by atoms with van der Waals surface area (Å²) in [4.78, 5) is 0. The van der Waals surface area contributed by atoms with E-state index in [2.05, 4.69) is 102 Å². The molecule has 0 atom stereocenters. The Balaban J connectivity index is 1.73. The topological polar surface area (TPSA) is 4.93 Å².